The van der Waals surface area contributed by atoms with Crippen LogP contribution < -0.4 is 10.6 Å². The van der Waals surface area contributed by atoms with E-state index in [1.54, 1.807) is 24.4 Å². The highest BCUT2D eigenvalue weighted by atomic mass is 19.1. The van der Waals surface area contributed by atoms with Gasteiger partial charge < -0.3 is 10.6 Å². The number of halogens is 1. The summed E-state index contributed by atoms with van der Waals surface area (Å²) in [6, 6.07) is 11.0. The second-order valence-electron chi connectivity index (χ2n) is 6.56. The van der Waals surface area contributed by atoms with E-state index in [9.17, 15) is 14.0 Å². The van der Waals surface area contributed by atoms with Crippen LogP contribution in [0, 0.1) is 5.82 Å². The maximum absolute atomic E-state index is 13.6. The first-order chi connectivity index (χ1) is 13.6. The molecule has 1 aromatic carbocycles. The van der Waals surface area contributed by atoms with Crippen LogP contribution in [-0.4, -0.2) is 27.8 Å². The average molecular weight is 376 g/mol. The van der Waals surface area contributed by atoms with Gasteiger partial charge in [0.25, 0.3) is 11.8 Å². The molecule has 0 atom stereocenters. The van der Waals surface area contributed by atoms with Crippen molar-refractivity contribution in [3.63, 3.8) is 0 Å². The number of rotatable bonds is 5. The molecule has 0 aliphatic heterocycles. The molecule has 0 bridgehead atoms. The maximum Gasteiger partial charge on any atom is 0.270 e. The summed E-state index contributed by atoms with van der Waals surface area (Å²) in [7, 11) is 0. The minimum atomic E-state index is -0.409. The van der Waals surface area contributed by atoms with Crippen molar-refractivity contribution in [2.45, 2.75) is 18.9 Å². The van der Waals surface area contributed by atoms with Crippen molar-refractivity contribution in [2.75, 3.05) is 5.32 Å². The van der Waals surface area contributed by atoms with Gasteiger partial charge in [-0.1, -0.05) is 12.1 Å². The lowest BCUT2D eigenvalue weighted by Gasteiger charge is -2.11. The van der Waals surface area contributed by atoms with E-state index in [0.29, 0.717) is 22.4 Å². The zero-order valence-corrected chi connectivity index (χ0v) is 14.9. The zero-order valence-electron chi connectivity index (χ0n) is 14.9. The Morgan fingerprint density at radius 2 is 1.89 bits per heavy atom. The summed E-state index contributed by atoms with van der Waals surface area (Å²) in [5.74, 6) is -1.07. The number of nitrogens with one attached hydrogen (secondary N) is 2. The third-order valence-corrected chi connectivity index (χ3v) is 4.37. The largest absolute Gasteiger partial charge is 0.348 e. The molecular weight excluding hydrogens is 359 g/mol. The number of pyridine rings is 2. The van der Waals surface area contributed by atoms with E-state index in [1.807, 2.05) is 0 Å². The summed E-state index contributed by atoms with van der Waals surface area (Å²) in [4.78, 5) is 32.9. The van der Waals surface area contributed by atoms with Crippen LogP contribution in [0.5, 0.6) is 0 Å². The van der Waals surface area contributed by atoms with Crippen LogP contribution in [0.25, 0.3) is 11.1 Å². The number of carbonyl (C=O) groups excluding carboxylic acids is 2. The maximum atomic E-state index is 13.6. The molecule has 1 saturated carbocycles. The lowest BCUT2D eigenvalue weighted by Crippen LogP contribution is -2.26. The van der Waals surface area contributed by atoms with Crippen molar-refractivity contribution in [1.82, 2.24) is 15.3 Å². The van der Waals surface area contributed by atoms with Crippen molar-refractivity contribution in [2.24, 2.45) is 0 Å². The standard InChI is InChI=1S/C21H17FN4O2/c22-15-3-1-2-13(10-15)17-7-8-23-12-19(17)26-20(27)14-6-9-24-18(11-14)21(28)25-16-4-5-16/h1-3,6-12,16H,4-5H2,(H,25,28)(H,26,27). The van der Waals surface area contributed by atoms with E-state index in [1.165, 1.54) is 36.7 Å². The van der Waals surface area contributed by atoms with E-state index in [2.05, 4.69) is 20.6 Å². The first-order valence-electron chi connectivity index (χ1n) is 8.88. The first-order valence-corrected chi connectivity index (χ1v) is 8.88. The number of amides is 2. The van der Waals surface area contributed by atoms with Crippen LogP contribution in [0.4, 0.5) is 10.1 Å². The van der Waals surface area contributed by atoms with Gasteiger partial charge in [0, 0.05) is 29.6 Å². The van der Waals surface area contributed by atoms with Crippen molar-refractivity contribution < 1.29 is 14.0 Å². The lowest BCUT2D eigenvalue weighted by atomic mass is 10.1. The molecule has 140 valence electrons. The van der Waals surface area contributed by atoms with Crippen molar-refractivity contribution in [3.05, 3.63) is 78.1 Å². The Morgan fingerprint density at radius 1 is 1.04 bits per heavy atom. The summed E-state index contributed by atoms with van der Waals surface area (Å²) in [5, 5.41) is 5.62. The van der Waals surface area contributed by atoms with E-state index >= 15 is 0 Å². The summed E-state index contributed by atoms with van der Waals surface area (Å²) in [6.07, 6.45) is 6.43. The second kappa shape index (κ2) is 7.56. The van der Waals surface area contributed by atoms with Gasteiger partial charge in [-0.05, 0) is 48.7 Å². The molecule has 2 amide bonds. The highest BCUT2D eigenvalue weighted by molar-refractivity contribution is 6.07. The Morgan fingerprint density at radius 3 is 2.68 bits per heavy atom. The quantitative estimate of drug-likeness (QED) is 0.715. The SMILES string of the molecule is O=C(Nc1cnccc1-c1cccc(F)c1)c1ccnc(C(=O)NC2CC2)c1. The Hall–Kier alpha value is -3.61. The minimum Gasteiger partial charge on any atom is -0.348 e. The van der Waals surface area contributed by atoms with Gasteiger partial charge in [-0.25, -0.2) is 4.39 Å². The molecule has 3 aromatic rings. The van der Waals surface area contributed by atoms with Crippen molar-refractivity contribution in [3.8, 4) is 11.1 Å². The number of carbonyl (C=O) groups is 2. The van der Waals surface area contributed by atoms with Crippen LogP contribution in [0.1, 0.15) is 33.7 Å². The van der Waals surface area contributed by atoms with Crippen LogP contribution in [0.3, 0.4) is 0 Å². The van der Waals surface area contributed by atoms with Gasteiger partial charge in [0.2, 0.25) is 0 Å². The van der Waals surface area contributed by atoms with Gasteiger partial charge in [0.15, 0.2) is 0 Å². The number of nitrogens with zero attached hydrogens (tertiary/aromatic N) is 2. The molecule has 1 fully saturated rings. The number of benzene rings is 1. The molecule has 1 aliphatic rings. The summed E-state index contributed by atoms with van der Waals surface area (Å²) in [5.41, 5.74) is 2.19. The first kappa shape index (κ1) is 17.8. The summed E-state index contributed by atoms with van der Waals surface area (Å²) < 4.78 is 13.6. The molecule has 2 aromatic heterocycles. The van der Waals surface area contributed by atoms with Gasteiger partial charge in [-0.15, -0.1) is 0 Å². The van der Waals surface area contributed by atoms with Gasteiger partial charge in [0.1, 0.15) is 11.5 Å². The fourth-order valence-electron chi connectivity index (χ4n) is 2.78. The average Bonchev–Trinajstić information content (AvgIpc) is 3.52. The molecule has 0 spiro atoms. The number of anilines is 1. The Balaban J connectivity index is 1.57. The fourth-order valence-corrected chi connectivity index (χ4v) is 2.78. The van der Waals surface area contributed by atoms with Crippen LogP contribution in [0.15, 0.2) is 61.1 Å². The Bertz CT molecular complexity index is 1050. The normalized spacial score (nSPS) is 13.0. The molecule has 7 heteroatoms. The second-order valence-corrected chi connectivity index (χ2v) is 6.56. The minimum absolute atomic E-state index is 0.191. The topological polar surface area (TPSA) is 84.0 Å². The number of aromatic nitrogens is 2. The van der Waals surface area contributed by atoms with Crippen molar-refractivity contribution >= 4 is 17.5 Å². The molecule has 2 heterocycles. The molecule has 6 nitrogen and oxygen atoms in total. The van der Waals surface area contributed by atoms with Crippen LogP contribution in [0.2, 0.25) is 0 Å². The molecule has 1 aliphatic carbocycles. The molecule has 2 N–H and O–H groups in total. The number of hydrogen-bond acceptors (Lipinski definition) is 4. The Kier molecular flexibility index (Phi) is 4.80. The van der Waals surface area contributed by atoms with E-state index in [4.69, 9.17) is 0 Å². The number of hydrogen-bond donors (Lipinski definition) is 2. The van der Waals surface area contributed by atoms with E-state index in [-0.39, 0.29) is 23.5 Å². The highest BCUT2D eigenvalue weighted by Gasteiger charge is 2.24. The third-order valence-electron chi connectivity index (χ3n) is 4.37. The van der Waals surface area contributed by atoms with Gasteiger partial charge in [-0.2, -0.15) is 0 Å². The molecule has 4 rings (SSSR count). The van der Waals surface area contributed by atoms with Gasteiger partial charge in [-0.3, -0.25) is 19.6 Å². The Labute approximate surface area is 160 Å². The molecular formula is C21H17FN4O2. The molecule has 0 unspecified atom stereocenters. The smallest absolute Gasteiger partial charge is 0.270 e. The highest BCUT2D eigenvalue weighted by Crippen LogP contribution is 2.28. The van der Waals surface area contributed by atoms with E-state index in [0.717, 1.165) is 12.8 Å². The summed E-state index contributed by atoms with van der Waals surface area (Å²) >= 11 is 0. The molecule has 0 radical (unpaired) electrons. The predicted molar refractivity (Wildman–Crippen MR) is 102 cm³/mol. The van der Waals surface area contributed by atoms with Gasteiger partial charge in [0.05, 0.1) is 11.9 Å². The van der Waals surface area contributed by atoms with Crippen molar-refractivity contribution in [1.29, 1.82) is 0 Å². The van der Waals surface area contributed by atoms with Crippen LogP contribution >= 0.6 is 0 Å². The van der Waals surface area contributed by atoms with Gasteiger partial charge >= 0.3 is 0 Å². The predicted octanol–water partition coefficient (Wildman–Crippen LogP) is 3.43. The third kappa shape index (κ3) is 4.03. The summed E-state index contributed by atoms with van der Waals surface area (Å²) in [6.45, 7) is 0. The molecule has 0 saturated heterocycles. The van der Waals surface area contributed by atoms with E-state index < -0.39 is 5.91 Å². The molecule has 28 heavy (non-hydrogen) atoms. The van der Waals surface area contributed by atoms with Crippen LogP contribution in [-0.2, 0) is 0 Å². The monoisotopic (exact) mass is 376 g/mol. The zero-order chi connectivity index (χ0) is 19.5. The fraction of sp³-hybridized carbons (Fsp3) is 0.143. The lowest BCUT2D eigenvalue weighted by molar-refractivity contribution is 0.0946.